The quantitative estimate of drug-likeness (QED) is 0.849. The molecule has 2 atom stereocenters. The fraction of sp³-hybridized carbons (Fsp3) is 0.571. The molecule has 0 bridgehead atoms. The number of carbonyl (C=O) groups excluding carboxylic acids is 1. The molecular weight excluding hydrogens is 242 g/mol. The minimum atomic E-state index is -0.166. The van der Waals surface area contributed by atoms with Gasteiger partial charge in [-0.2, -0.15) is 0 Å². The molecule has 1 fully saturated rings. The van der Waals surface area contributed by atoms with E-state index in [9.17, 15) is 9.59 Å². The zero-order valence-electron chi connectivity index (χ0n) is 11.5. The van der Waals surface area contributed by atoms with Crippen molar-refractivity contribution in [1.29, 1.82) is 0 Å². The van der Waals surface area contributed by atoms with Crippen LogP contribution in [0.3, 0.4) is 0 Å². The van der Waals surface area contributed by atoms with Gasteiger partial charge in [-0.1, -0.05) is 6.92 Å². The zero-order chi connectivity index (χ0) is 14.0. The van der Waals surface area contributed by atoms with Crippen molar-refractivity contribution in [1.82, 2.24) is 9.47 Å². The van der Waals surface area contributed by atoms with E-state index in [1.54, 1.807) is 19.3 Å². The van der Waals surface area contributed by atoms with Crippen LogP contribution >= 0.6 is 0 Å². The van der Waals surface area contributed by atoms with Crippen molar-refractivity contribution < 1.29 is 4.79 Å². The Labute approximate surface area is 113 Å². The van der Waals surface area contributed by atoms with Crippen molar-refractivity contribution in [3.8, 4) is 0 Å². The third-order valence-electron chi connectivity index (χ3n) is 3.86. The molecule has 104 valence electrons. The van der Waals surface area contributed by atoms with Crippen LogP contribution in [0.1, 0.15) is 30.1 Å². The van der Waals surface area contributed by atoms with Gasteiger partial charge in [0.15, 0.2) is 0 Å². The predicted octanol–water partition coefficient (Wildman–Crippen LogP) is 0.585. The molecule has 0 spiro atoms. The molecule has 1 aliphatic rings. The fourth-order valence-electron chi connectivity index (χ4n) is 2.59. The molecule has 2 heterocycles. The van der Waals surface area contributed by atoms with Gasteiger partial charge in [0.05, 0.1) is 0 Å². The second-order valence-corrected chi connectivity index (χ2v) is 5.38. The largest absolute Gasteiger partial charge is 0.334 e. The lowest BCUT2D eigenvalue weighted by atomic mass is 9.92. The summed E-state index contributed by atoms with van der Waals surface area (Å²) < 4.78 is 1.45. The van der Waals surface area contributed by atoms with Crippen LogP contribution in [-0.2, 0) is 7.05 Å². The highest BCUT2D eigenvalue weighted by molar-refractivity contribution is 5.94. The summed E-state index contributed by atoms with van der Waals surface area (Å²) in [6.45, 7) is 3.38. The van der Waals surface area contributed by atoms with Crippen LogP contribution in [0.25, 0.3) is 0 Å². The molecular formula is C14H21N3O2. The summed E-state index contributed by atoms with van der Waals surface area (Å²) in [6, 6.07) is 3.17. The van der Waals surface area contributed by atoms with E-state index in [0.29, 0.717) is 18.0 Å². The highest BCUT2D eigenvalue weighted by Crippen LogP contribution is 2.23. The van der Waals surface area contributed by atoms with Crippen LogP contribution in [0.4, 0.5) is 0 Å². The van der Waals surface area contributed by atoms with Crippen LogP contribution in [0.15, 0.2) is 23.1 Å². The number of rotatable bonds is 2. The first-order valence-electron chi connectivity index (χ1n) is 6.70. The van der Waals surface area contributed by atoms with Gasteiger partial charge in [-0.15, -0.1) is 0 Å². The van der Waals surface area contributed by atoms with Crippen molar-refractivity contribution in [2.45, 2.75) is 25.8 Å². The summed E-state index contributed by atoms with van der Waals surface area (Å²) in [5, 5.41) is 0. The Morgan fingerprint density at radius 3 is 2.89 bits per heavy atom. The lowest BCUT2D eigenvalue weighted by Gasteiger charge is -2.38. The number of hydrogen-bond acceptors (Lipinski definition) is 3. The Balaban J connectivity index is 2.22. The lowest BCUT2D eigenvalue weighted by molar-refractivity contribution is 0.0573. The molecule has 1 aliphatic heterocycles. The number of piperidine rings is 1. The monoisotopic (exact) mass is 263 g/mol. The molecule has 0 aliphatic carbocycles. The Morgan fingerprint density at radius 1 is 1.53 bits per heavy atom. The molecule has 19 heavy (non-hydrogen) atoms. The Morgan fingerprint density at radius 2 is 2.26 bits per heavy atom. The maximum Gasteiger partial charge on any atom is 0.254 e. The molecule has 0 radical (unpaired) electrons. The smallest absolute Gasteiger partial charge is 0.254 e. The summed E-state index contributed by atoms with van der Waals surface area (Å²) >= 11 is 0. The number of pyridine rings is 1. The van der Waals surface area contributed by atoms with E-state index >= 15 is 0 Å². The molecule has 2 unspecified atom stereocenters. The Bertz CT molecular complexity index is 524. The topological polar surface area (TPSA) is 68.3 Å². The molecule has 0 saturated carbocycles. The van der Waals surface area contributed by atoms with Crippen molar-refractivity contribution >= 4 is 5.91 Å². The summed E-state index contributed by atoms with van der Waals surface area (Å²) in [7, 11) is 1.67. The summed E-state index contributed by atoms with van der Waals surface area (Å²) in [5.74, 6) is 0.515. The van der Waals surface area contributed by atoms with Crippen molar-refractivity contribution in [3.05, 3.63) is 34.2 Å². The Kier molecular flexibility index (Phi) is 4.04. The first-order chi connectivity index (χ1) is 9.02. The van der Waals surface area contributed by atoms with Gasteiger partial charge in [-0.05, 0) is 24.8 Å². The summed E-state index contributed by atoms with van der Waals surface area (Å²) in [5.41, 5.74) is 6.05. The van der Waals surface area contributed by atoms with Crippen LogP contribution in [0, 0.1) is 5.92 Å². The van der Waals surface area contributed by atoms with E-state index in [0.717, 1.165) is 19.4 Å². The van der Waals surface area contributed by atoms with Gasteiger partial charge in [0.2, 0.25) is 0 Å². The molecule has 1 aromatic rings. The average Bonchev–Trinajstić information content (AvgIpc) is 2.41. The van der Waals surface area contributed by atoms with Crippen LogP contribution in [-0.4, -0.2) is 34.5 Å². The molecule has 5 nitrogen and oxygen atoms in total. The van der Waals surface area contributed by atoms with Crippen molar-refractivity contribution in [3.63, 3.8) is 0 Å². The summed E-state index contributed by atoms with van der Waals surface area (Å²) in [4.78, 5) is 25.9. The van der Waals surface area contributed by atoms with Gasteiger partial charge in [0.25, 0.3) is 11.5 Å². The first kappa shape index (κ1) is 13.8. The van der Waals surface area contributed by atoms with Crippen LogP contribution in [0.5, 0.6) is 0 Å². The van der Waals surface area contributed by atoms with Crippen molar-refractivity contribution in [2.75, 3.05) is 13.1 Å². The Hall–Kier alpha value is -1.62. The number of aromatic nitrogens is 1. The lowest BCUT2D eigenvalue weighted by Crippen LogP contribution is -2.49. The van der Waals surface area contributed by atoms with E-state index in [2.05, 4.69) is 6.92 Å². The third-order valence-corrected chi connectivity index (χ3v) is 3.86. The molecule has 1 saturated heterocycles. The minimum Gasteiger partial charge on any atom is -0.334 e. The number of amides is 1. The highest BCUT2D eigenvalue weighted by atomic mass is 16.2. The molecule has 0 aromatic carbocycles. The van der Waals surface area contributed by atoms with Gasteiger partial charge in [-0.25, -0.2) is 0 Å². The zero-order valence-corrected chi connectivity index (χ0v) is 11.5. The molecule has 1 aromatic heterocycles. The number of carbonyl (C=O) groups is 1. The average molecular weight is 263 g/mol. The first-order valence-corrected chi connectivity index (χ1v) is 6.70. The third kappa shape index (κ3) is 2.87. The van der Waals surface area contributed by atoms with E-state index in [1.807, 2.05) is 4.90 Å². The van der Waals surface area contributed by atoms with Gasteiger partial charge in [0, 0.05) is 44.0 Å². The van der Waals surface area contributed by atoms with Crippen molar-refractivity contribution in [2.24, 2.45) is 18.7 Å². The van der Waals surface area contributed by atoms with Crippen LogP contribution < -0.4 is 11.3 Å². The number of nitrogens with zero attached hydrogens (tertiary/aromatic N) is 2. The van der Waals surface area contributed by atoms with Gasteiger partial charge < -0.3 is 15.2 Å². The predicted molar refractivity (Wildman–Crippen MR) is 74.0 cm³/mol. The minimum absolute atomic E-state index is 0.0833. The SMILES string of the molecule is CC1CCN(C(=O)c2ccn(C)c(=O)c2)C(CN)C1. The van der Waals surface area contributed by atoms with Crippen LogP contribution in [0.2, 0.25) is 0 Å². The van der Waals surface area contributed by atoms with Gasteiger partial charge in [-0.3, -0.25) is 9.59 Å². The van der Waals surface area contributed by atoms with E-state index < -0.39 is 0 Å². The number of nitrogens with two attached hydrogens (primary N) is 1. The van der Waals surface area contributed by atoms with E-state index in [4.69, 9.17) is 5.73 Å². The molecule has 5 heteroatoms. The second kappa shape index (κ2) is 5.57. The standard InChI is InChI=1S/C14H21N3O2/c1-10-3-6-17(12(7-10)9-15)14(19)11-4-5-16(2)13(18)8-11/h4-5,8,10,12H,3,6-7,9,15H2,1-2H3. The van der Waals surface area contributed by atoms with E-state index in [1.165, 1.54) is 10.6 Å². The molecule has 2 rings (SSSR count). The maximum absolute atomic E-state index is 12.5. The molecule has 1 amide bonds. The van der Waals surface area contributed by atoms with E-state index in [-0.39, 0.29) is 17.5 Å². The number of likely N-dealkylation sites (tertiary alicyclic amines) is 1. The summed E-state index contributed by atoms with van der Waals surface area (Å²) in [6.07, 6.45) is 3.56. The molecule has 2 N–H and O–H groups in total. The number of aryl methyl sites for hydroxylation is 1. The van der Waals surface area contributed by atoms with Gasteiger partial charge in [0.1, 0.15) is 0 Å². The second-order valence-electron chi connectivity index (χ2n) is 5.38. The van der Waals surface area contributed by atoms with Gasteiger partial charge >= 0.3 is 0 Å². The number of hydrogen-bond donors (Lipinski definition) is 1. The normalized spacial score (nSPS) is 23.4. The fourth-order valence-corrected chi connectivity index (χ4v) is 2.59. The maximum atomic E-state index is 12.5. The highest BCUT2D eigenvalue weighted by Gasteiger charge is 2.29.